The third-order valence-electron chi connectivity index (χ3n) is 3.56. The van der Waals surface area contributed by atoms with Crippen molar-refractivity contribution in [3.63, 3.8) is 0 Å². The average molecular weight is 348 g/mol. The predicted molar refractivity (Wildman–Crippen MR) is 86.8 cm³/mol. The molecule has 0 aromatic heterocycles. The fourth-order valence-corrected chi connectivity index (χ4v) is 3.04. The maximum atomic E-state index is 10.8. The Labute approximate surface area is 130 Å². The molecule has 108 valence electrons. The zero-order valence-electron chi connectivity index (χ0n) is 11.2. The standard InChI is InChI=1S/C15H14BrN3O2/c16-13-8-12(4-5-14(13)19(20)21)18-9-11-3-1-2-10-6-7-17-15(10)11/h1-5,8,17-18H,6-7,9H2. The molecule has 5 nitrogen and oxygen atoms in total. The smallest absolute Gasteiger partial charge is 0.283 e. The molecule has 0 unspecified atom stereocenters. The number of anilines is 2. The summed E-state index contributed by atoms with van der Waals surface area (Å²) < 4.78 is 0.480. The van der Waals surface area contributed by atoms with E-state index >= 15 is 0 Å². The number of hydrogen-bond donors (Lipinski definition) is 2. The monoisotopic (exact) mass is 347 g/mol. The van der Waals surface area contributed by atoms with Crippen molar-refractivity contribution in [3.05, 3.63) is 62.1 Å². The fourth-order valence-electron chi connectivity index (χ4n) is 2.52. The van der Waals surface area contributed by atoms with E-state index in [1.807, 2.05) is 0 Å². The number of nitrogens with one attached hydrogen (secondary N) is 2. The molecule has 0 atom stereocenters. The SMILES string of the molecule is O=[N+]([O-])c1ccc(NCc2cccc3c2NCC3)cc1Br. The molecule has 1 aliphatic heterocycles. The Morgan fingerprint density at radius 3 is 2.95 bits per heavy atom. The molecule has 0 fully saturated rings. The van der Waals surface area contributed by atoms with E-state index < -0.39 is 4.92 Å². The Bertz CT molecular complexity index is 703. The van der Waals surface area contributed by atoms with Crippen LogP contribution in [-0.4, -0.2) is 11.5 Å². The second-order valence-electron chi connectivity index (χ2n) is 4.90. The Balaban J connectivity index is 1.75. The molecule has 0 spiro atoms. The quantitative estimate of drug-likeness (QED) is 0.649. The second kappa shape index (κ2) is 5.73. The maximum Gasteiger partial charge on any atom is 0.283 e. The minimum Gasteiger partial charge on any atom is -0.384 e. The minimum absolute atomic E-state index is 0.0721. The van der Waals surface area contributed by atoms with Gasteiger partial charge in [0.05, 0.1) is 9.40 Å². The van der Waals surface area contributed by atoms with Crippen LogP contribution < -0.4 is 10.6 Å². The van der Waals surface area contributed by atoms with Gasteiger partial charge in [0.2, 0.25) is 0 Å². The topological polar surface area (TPSA) is 67.2 Å². The van der Waals surface area contributed by atoms with Gasteiger partial charge >= 0.3 is 0 Å². The summed E-state index contributed by atoms with van der Waals surface area (Å²) in [5.41, 5.74) is 4.69. The molecule has 0 saturated heterocycles. The van der Waals surface area contributed by atoms with Gasteiger partial charge in [0.1, 0.15) is 0 Å². The molecule has 0 saturated carbocycles. The Morgan fingerprint density at radius 2 is 2.19 bits per heavy atom. The van der Waals surface area contributed by atoms with Crippen molar-refractivity contribution in [1.82, 2.24) is 0 Å². The number of nitro groups is 1. The van der Waals surface area contributed by atoms with Crippen molar-refractivity contribution in [2.45, 2.75) is 13.0 Å². The largest absolute Gasteiger partial charge is 0.384 e. The van der Waals surface area contributed by atoms with E-state index in [0.29, 0.717) is 11.0 Å². The lowest BCUT2D eigenvalue weighted by Crippen LogP contribution is -2.03. The van der Waals surface area contributed by atoms with E-state index in [0.717, 1.165) is 18.7 Å². The number of para-hydroxylation sites is 1. The molecule has 1 aliphatic rings. The summed E-state index contributed by atoms with van der Waals surface area (Å²) in [6.07, 6.45) is 1.06. The molecule has 0 bridgehead atoms. The normalized spacial score (nSPS) is 12.6. The fraction of sp³-hybridized carbons (Fsp3) is 0.200. The first-order valence-corrected chi connectivity index (χ1v) is 7.47. The van der Waals surface area contributed by atoms with Crippen LogP contribution in [0.2, 0.25) is 0 Å². The van der Waals surface area contributed by atoms with Crippen molar-refractivity contribution in [1.29, 1.82) is 0 Å². The number of benzene rings is 2. The maximum absolute atomic E-state index is 10.8. The molecule has 0 radical (unpaired) electrons. The van der Waals surface area contributed by atoms with E-state index in [1.165, 1.54) is 22.9 Å². The van der Waals surface area contributed by atoms with Crippen LogP contribution >= 0.6 is 15.9 Å². The van der Waals surface area contributed by atoms with Crippen LogP contribution in [0.25, 0.3) is 0 Å². The van der Waals surface area contributed by atoms with Crippen molar-refractivity contribution in [2.24, 2.45) is 0 Å². The van der Waals surface area contributed by atoms with Gasteiger partial charge in [-0.1, -0.05) is 18.2 Å². The highest BCUT2D eigenvalue weighted by molar-refractivity contribution is 9.10. The molecule has 1 heterocycles. The van der Waals surface area contributed by atoms with Crippen molar-refractivity contribution < 1.29 is 4.92 Å². The first-order valence-electron chi connectivity index (χ1n) is 6.67. The summed E-state index contributed by atoms with van der Waals surface area (Å²) in [6.45, 7) is 1.66. The van der Waals surface area contributed by atoms with Crippen LogP contribution in [0, 0.1) is 10.1 Å². The first kappa shape index (κ1) is 13.9. The number of nitrogens with zero attached hydrogens (tertiary/aromatic N) is 1. The van der Waals surface area contributed by atoms with Crippen LogP contribution in [0.1, 0.15) is 11.1 Å². The molecule has 3 rings (SSSR count). The third kappa shape index (κ3) is 2.85. The van der Waals surface area contributed by atoms with Gasteiger partial charge in [-0.3, -0.25) is 10.1 Å². The molecular formula is C15H14BrN3O2. The van der Waals surface area contributed by atoms with E-state index in [4.69, 9.17) is 0 Å². The average Bonchev–Trinajstić information content (AvgIpc) is 2.93. The summed E-state index contributed by atoms with van der Waals surface area (Å²) in [6, 6.07) is 11.2. The van der Waals surface area contributed by atoms with Crippen LogP contribution in [0.15, 0.2) is 40.9 Å². The highest BCUT2D eigenvalue weighted by Gasteiger charge is 2.14. The van der Waals surface area contributed by atoms with Crippen LogP contribution in [-0.2, 0) is 13.0 Å². The Morgan fingerprint density at radius 1 is 1.33 bits per heavy atom. The predicted octanol–water partition coefficient (Wildman–Crippen LogP) is 3.94. The number of rotatable bonds is 4. The molecular weight excluding hydrogens is 334 g/mol. The van der Waals surface area contributed by atoms with Gasteiger partial charge in [-0.25, -0.2) is 0 Å². The zero-order valence-corrected chi connectivity index (χ0v) is 12.8. The van der Waals surface area contributed by atoms with Crippen LogP contribution in [0.4, 0.5) is 17.1 Å². The molecule has 2 N–H and O–H groups in total. The number of fused-ring (bicyclic) bond motifs is 1. The third-order valence-corrected chi connectivity index (χ3v) is 4.20. The summed E-state index contributed by atoms with van der Waals surface area (Å²) in [5, 5.41) is 17.5. The number of halogens is 1. The summed E-state index contributed by atoms with van der Waals surface area (Å²) in [7, 11) is 0. The second-order valence-corrected chi connectivity index (χ2v) is 5.76. The summed E-state index contributed by atoms with van der Waals surface area (Å²) in [4.78, 5) is 10.4. The zero-order chi connectivity index (χ0) is 14.8. The van der Waals surface area contributed by atoms with Crippen molar-refractivity contribution in [3.8, 4) is 0 Å². The first-order chi connectivity index (χ1) is 10.1. The lowest BCUT2D eigenvalue weighted by Gasteiger charge is -2.11. The van der Waals surface area contributed by atoms with E-state index in [2.05, 4.69) is 44.8 Å². The van der Waals surface area contributed by atoms with Crippen LogP contribution in [0.5, 0.6) is 0 Å². The molecule has 0 aliphatic carbocycles. The van der Waals surface area contributed by atoms with Gasteiger partial charge in [0.25, 0.3) is 5.69 Å². The number of hydrogen-bond acceptors (Lipinski definition) is 4. The van der Waals surface area contributed by atoms with Gasteiger partial charge in [-0.2, -0.15) is 0 Å². The number of nitro benzene ring substituents is 1. The Kier molecular flexibility index (Phi) is 3.79. The molecule has 2 aromatic carbocycles. The van der Waals surface area contributed by atoms with Crippen LogP contribution in [0.3, 0.4) is 0 Å². The summed E-state index contributed by atoms with van der Waals surface area (Å²) >= 11 is 3.23. The van der Waals surface area contributed by atoms with Crippen molar-refractivity contribution in [2.75, 3.05) is 17.2 Å². The molecule has 6 heteroatoms. The highest BCUT2D eigenvalue weighted by Crippen LogP contribution is 2.29. The van der Waals surface area contributed by atoms with Gasteiger partial charge in [0.15, 0.2) is 0 Å². The van der Waals surface area contributed by atoms with Gasteiger partial charge in [0, 0.05) is 30.5 Å². The molecule has 0 amide bonds. The van der Waals surface area contributed by atoms with E-state index in [1.54, 1.807) is 12.1 Å². The molecule has 2 aromatic rings. The summed E-state index contributed by atoms with van der Waals surface area (Å²) in [5.74, 6) is 0. The Hall–Kier alpha value is -2.08. The van der Waals surface area contributed by atoms with E-state index in [-0.39, 0.29) is 5.69 Å². The lowest BCUT2D eigenvalue weighted by atomic mass is 10.1. The van der Waals surface area contributed by atoms with Gasteiger partial charge in [-0.15, -0.1) is 0 Å². The lowest BCUT2D eigenvalue weighted by molar-refractivity contribution is -0.385. The minimum atomic E-state index is -0.401. The van der Waals surface area contributed by atoms with Gasteiger partial charge < -0.3 is 10.6 Å². The van der Waals surface area contributed by atoms with Gasteiger partial charge in [-0.05, 0) is 45.6 Å². The van der Waals surface area contributed by atoms with Crippen molar-refractivity contribution >= 4 is 33.0 Å². The van der Waals surface area contributed by atoms with E-state index in [9.17, 15) is 10.1 Å². The molecule has 21 heavy (non-hydrogen) atoms. The highest BCUT2D eigenvalue weighted by atomic mass is 79.9.